The molecule has 0 bridgehead atoms. The van der Waals surface area contributed by atoms with E-state index in [-0.39, 0.29) is 0 Å². The lowest BCUT2D eigenvalue weighted by molar-refractivity contribution is 0.0107. The predicted molar refractivity (Wildman–Crippen MR) is 54.3 cm³/mol. The van der Waals surface area contributed by atoms with E-state index in [0.717, 1.165) is 0 Å². The Morgan fingerprint density at radius 1 is 1.25 bits per heavy atom. The molecule has 0 saturated heterocycles. The van der Waals surface area contributed by atoms with Gasteiger partial charge in [0.05, 0.1) is 0 Å². The van der Waals surface area contributed by atoms with Crippen molar-refractivity contribution in [3.63, 3.8) is 0 Å². The summed E-state index contributed by atoms with van der Waals surface area (Å²) in [4.78, 5) is 0. The Balaban J connectivity index is 2.42. The van der Waals surface area contributed by atoms with Gasteiger partial charge in [0.2, 0.25) is 0 Å². The molecular formula is C11H23N. The van der Waals surface area contributed by atoms with Gasteiger partial charge >= 0.3 is 0 Å². The number of nitrogens with one attached hydrogen (secondary N) is 1. The number of rotatable bonds is 4. The van der Waals surface area contributed by atoms with Gasteiger partial charge in [-0.05, 0) is 38.1 Å². The van der Waals surface area contributed by atoms with Crippen molar-refractivity contribution in [3.8, 4) is 0 Å². The van der Waals surface area contributed by atoms with Crippen molar-refractivity contribution in [1.29, 1.82) is 0 Å². The van der Waals surface area contributed by atoms with Crippen LogP contribution in [0.1, 0.15) is 52.9 Å². The first-order valence-corrected chi connectivity index (χ1v) is 5.29. The Kier molecular flexibility index (Phi) is 2.82. The summed E-state index contributed by atoms with van der Waals surface area (Å²) in [6, 6.07) is 0. The quantitative estimate of drug-likeness (QED) is 0.682. The molecule has 0 aromatic carbocycles. The monoisotopic (exact) mass is 169 g/mol. The summed E-state index contributed by atoms with van der Waals surface area (Å²) in [5.41, 5.74) is 1.14. The maximum Gasteiger partial charge on any atom is 0.0186 e. The molecule has 0 aromatic rings. The van der Waals surface area contributed by atoms with Gasteiger partial charge in [0.15, 0.2) is 0 Å². The first-order chi connectivity index (χ1) is 5.60. The van der Waals surface area contributed by atoms with E-state index in [2.05, 4.69) is 33.1 Å². The second-order valence-corrected chi connectivity index (χ2v) is 4.80. The molecule has 12 heavy (non-hydrogen) atoms. The van der Waals surface area contributed by atoms with Crippen LogP contribution in [0.25, 0.3) is 0 Å². The first kappa shape index (κ1) is 10.0. The van der Waals surface area contributed by atoms with E-state index in [1.807, 2.05) is 0 Å². The first-order valence-electron chi connectivity index (χ1n) is 5.29. The lowest BCUT2D eigenvalue weighted by atomic mass is 9.56. The summed E-state index contributed by atoms with van der Waals surface area (Å²) in [7, 11) is 2.11. The van der Waals surface area contributed by atoms with Crippen LogP contribution in [0.2, 0.25) is 0 Å². The highest BCUT2D eigenvalue weighted by Crippen LogP contribution is 2.52. The summed E-state index contributed by atoms with van der Waals surface area (Å²) in [5.74, 6) is 0. The molecule has 1 heteroatoms. The topological polar surface area (TPSA) is 12.0 Å². The van der Waals surface area contributed by atoms with E-state index in [1.54, 1.807) is 0 Å². The molecule has 1 aliphatic carbocycles. The van der Waals surface area contributed by atoms with Crippen LogP contribution in [0.15, 0.2) is 0 Å². The lowest BCUT2D eigenvalue weighted by Gasteiger charge is -2.55. The average Bonchev–Trinajstić information content (AvgIpc) is 2.00. The van der Waals surface area contributed by atoms with Crippen LogP contribution in [0.4, 0.5) is 0 Å². The summed E-state index contributed by atoms with van der Waals surface area (Å²) in [5, 5.41) is 3.48. The van der Waals surface area contributed by atoms with Gasteiger partial charge in [-0.1, -0.05) is 27.2 Å². The van der Waals surface area contributed by atoms with Crippen LogP contribution in [0.3, 0.4) is 0 Å². The molecule has 0 heterocycles. The van der Waals surface area contributed by atoms with E-state index >= 15 is 0 Å². The van der Waals surface area contributed by atoms with Crippen molar-refractivity contribution < 1.29 is 0 Å². The van der Waals surface area contributed by atoms with Gasteiger partial charge in [-0.3, -0.25) is 0 Å². The molecule has 0 atom stereocenters. The molecule has 0 aromatic heterocycles. The van der Waals surface area contributed by atoms with Gasteiger partial charge in [-0.25, -0.2) is 0 Å². The van der Waals surface area contributed by atoms with Crippen molar-refractivity contribution in [2.45, 2.75) is 58.4 Å². The molecule has 0 aliphatic heterocycles. The van der Waals surface area contributed by atoms with E-state index in [1.165, 1.54) is 32.1 Å². The van der Waals surface area contributed by atoms with Crippen LogP contribution in [-0.4, -0.2) is 12.6 Å². The van der Waals surface area contributed by atoms with Crippen LogP contribution < -0.4 is 5.32 Å². The number of hydrogen-bond acceptors (Lipinski definition) is 1. The third-order valence-corrected chi connectivity index (χ3v) is 3.59. The van der Waals surface area contributed by atoms with Crippen molar-refractivity contribution >= 4 is 0 Å². The standard InChI is InChI=1S/C11H23N/c1-5-7-10(3)8-11(6-2,9-10)12-4/h12H,5-9H2,1-4H3. The fraction of sp³-hybridized carbons (Fsp3) is 1.00. The van der Waals surface area contributed by atoms with Gasteiger partial charge in [0, 0.05) is 5.54 Å². The molecule has 1 fully saturated rings. The maximum atomic E-state index is 3.48. The van der Waals surface area contributed by atoms with Gasteiger partial charge in [-0.15, -0.1) is 0 Å². The molecule has 1 N–H and O–H groups in total. The zero-order valence-electron chi connectivity index (χ0n) is 9.04. The maximum absolute atomic E-state index is 3.48. The van der Waals surface area contributed by atoms with E-state index in [0.29, 0.717) is 11.0 Å². The third kappa shape index (κ3) is 1.66. The SMILES string of the molecule is CCCC1(C)CC(CC)(NC)C1. The Bertz CT molecular complexity index is 139. The van der Waals surface area contributed by atoms with Crippen LogP contribution >= 0.6 is 0 Å². The molecular weight excluding hydrogens is 146 g/mol. The van der Waals surface area contributed by atoms with Crippen molar-refractivity contribution in [3.05, 3.63) is 0 Å². The highest BCUT2D eigenvalue weighted by atomic mass is 15.0. The van der Waals surface area contributed by atoms with Gasteiger partial charge in [0.1, 0.15) is 0 Å². The normalized spacial score (nSPS) is 41.0. The van der Waals surface area contributed by atoms with Crippen molar-refractivity contribution in [1.82, 2.24) is 5.32 Å². The van der Waals surface area contributed by atoms with Crippen LogP contribution in [0.5, 0.6) is 0 Å². The fourth-order valence-electron chi connectivity index (χ4n) is 2.97. The lowest BCUT2D eigenvalue weighted by Crippen LogP contribution is -2.58. The van der Waals surface area contributed by atoms with Gasteiger partial charge in [-0.2, -0.15) is 0 Å². The molecule has 1 saturated carbocycles. The molecule has 1 rings (SSSR count). The molecule has 1 aliphatic rings. The minimum atomic E-state index is 0.490. The van der Waals surface area contributed by atoms with Gasteiger partial charge < -0.3 is 5.32 Å². The Morgan fingerprint density at radius 2 is 1.83 bits per heavy atom. The predicted octanol–water partition coefficient (Wildman–Crippen LogP) is 2.95. The zero-order valence-corrected chi connectivity index (χ0v) is 9.04. The second-order valence-electron chi connectivity index (χ2n) is 4.80. The highest BCUT2D eigenvalue weighted by molar-refractivity contribution is 5.05. The van der Waals surface area contributed by atoms with Crippen molar-refractivity contribution in [2.24, 2.45) is 5.41 Å². The number of hydrogen-bond donors (Lipinski definition) is 1. The molecule has 0 amide bonds. The summed E-state index contributed by atoms with van der Waals surface area (Å²) in [6.07, 6.45) is 6.76. The molecule has 1 nitrogen and oxygen atoms in total. The van der Waals surface area contributed by atoms with Crippen molar-refractivity contribution in [2.75, 3.05) is 7.05 Å². The Morgan fingerprint density at radius 3 is 2.17 bits per heavy atom. The third-order valence-electron chi connectivity index (χ3n) is 3.59. The van der Waals surface area contributed by atoms with Crippen LogP contribution in [-0.2, 0) is 0 Å². The molecule has 0 unspecified atom stereocenters. The summed E-state index contributed by atoms with van der Waals surface area (Å²) in [6.45, 7) is 7.01. The summed E-state index contributed by atoms with van der Waals surface area (Å²) < 4.78 is 0. The van der Waals surface area contributed by atoms with E-state index in [4.69, 9.17) is 0 Å². The highest BCUT2D eigenvalue weighted by Gasteiger charge is 2.48. The minimum Gasteiger partial charge on any atom is -0.314 e. The minimum absolute atomic E-state index is 0.490. The average molecular weight is 169 g/mol. The Labute approximate surface area is 76.9 Å². The zero-order chi connectivity index (χ0) is 9.24. The fourth-order valence-corrected chi connectivity index (χ4v) is 2.97. The van der Waals surface area contributed by atoms with Crippen LogP contribution in [0, 0.1) is 5.41 Å². The molecule has 0 spiro atoms. The van der Waals surface area contributed by atoms with E-state index < -0.39 is 0 Å². The molecule has 0 radical (unpaired) electrons. The Hall–Kier alpha value is -0.0400. The second kappa shape index (κ2) is 3.37. The largest absolute Gasteiger partial charge is 0.314 e. The smallest absolute Gasteiger partial charge is 0.0186 e. The summed E-state index contributed by atoms with van der Waals surface area (Å²) >= 11 is 0. The van der Waals surface area contributed by atoms with E-state index in [9.17, 15) is 0 Å². The molecule has 72 valence electrons. The van der Waals surface area contributed by atoms with Gasteiger partial charge in [0.25, 0.3) is 0 Å².